The third-order valence-corrected chi connectivity index (χ3v) is 5.10. The van der Waals surface area contributed by atoms with Gasteiger partial charge in [-0.1, -0.05) is 29.8 Å². The van der Waals surface area contributed by atoms with Crippen LogP contribution in [0.4, 0.5) is 0 Å². The van der Waals surface area contributed by atoms with Crippen LogP contribution in [0.25, 0.3) is 0 Å². The number of benzene rings is 1. The fourth-order valence-corrected chi connectivity index (χ4v) is 3.52. The fourth-order valence-electron chi connectivity index (χ4n) is 3.52. The van der Waals surface area contributed by atoms with Gasteiger partial charge in [0.25, 0.3) is 0 Å². The Morgan fingerprint density at radius 3 is 2.40 bits per heavy atom. The molecule has 25 heavy (non-hydrogen) atoms. The largest absolute Gasteiger partial charge is 0.375 e. The van der Waals surface area contributed by atoms with E-state index in [1.165, 1.54) is 0 Å². The number of ketones is 1. The molecule has 2 atom stereocenters. The molecule has 2 fully saturated rings. The van der Waals surface area contributed by atoms with E-state index in [1.54, 1.807) is 0 Å². The average molecular weight is 367 g/mol. The molecular formula is C19H27ClN2O3. The van der Waals surface area contributed by atoms with E-state index in [0.29, 0.717) is 26.2 Å². The summed E-state index contributed by atoms with van der Waals surface area (Å²) in [6.07, 6.45) is 1.37. The molecule has 2 heterocycles. The zero-order chi connectivity index (χ0) is 17.1. The Balaban J connectivity index is 0.00000225. The summed E-state index contributed by atoms with van der Waals surface area (Å²) in [7, 11) is 0. The molecule has 1 N–H and O–H groups in total. The smallest absolute Gasteiger partial charge is 0.242 e. The van der Waals surface area contributed by atoms with Crippen LogP contribution in [-0.4, -0.2) is 55.0 Å². The summed E-state index contributed by atoms with van der Waals surface area (Å²) < 4.78 is 5.57. The number of carbonyl (C=O) groups is 2. The lowest BCUT2D eigenvalue weighted by Gasteiger charge is -2.37. The predicted octanol–water partition coefficient (Wildman–Crippen LogP) is 2.22. The molecule has 138 valence electrons. The van der Waals surface area contributed by atoms with Gasteiger partial charge in [-0.2, -0.15) is 0 Å². The highest BCUT2D eigenvalue weighted by Gasteiger charge is 2.34. The molecule has 0 spiro atoms. The van der Waals surface area contributed by atoms with Crippen molar-refractivity contribution in [2.45, 2.75) is 38.8 Å². The zero-order valence-corrected chi connectivity index (χ0v) is 15.7. The first kappa shape index (κ1) is 19.9. The van der Waals surface area contributed by atoms with E-state index in [9.17, 15) is 9.59 Å². The molecule has 2 aliphatic heterocycles. The van der Waals surface area contributed by atoms with Crippen LogP contribution < -0.4 is 5.32 Å². The molecule has 0 aliphatic carbocycles. The molecule has 0 aromatic heterocycles. The summed E-state index contributed by atoms with van der Waals surface area (Å²) in [5.74, 6) is 0.322. The Hall–Kier alpha value is -1.43. The van der Waals surface area contributed by atoms with Crippen molar-refractivity contribution in [3.8, 4) is 0 Å². The molecular weight excluding hydrogens is 340 g/mol. The fraction of sp³-hybridized carbons (Fsp3) is 0.579. The van der Waals surface area contributed by atoms with Crippen molar-refractivity contribution in [3.63, 3.8) is 0 Å². The third kappa shape index (κ3) is 4.60. The minimum absolute atomic E-state index is 0. The molecule has 0 unspecified atom stereocenters. The number of Topliss-reactive ketones (excluding diaryl/α,β-unsaturated/α-hetero) is 1. The summed E-state index contributed by atoms with van der Waals surface area (Å²) in [6.45, 7) is 6.60. The van der Waals surface area contributed by atoms with Crippen LogP contribution >= 0.6 is 12.4 Å². The van der Waals surface area contributed by atoms with E-state index in [0.717, 1.165) is 24.0 Å². The lowest BCUT2D eigenvalue weighted by Crippen LogP contribution is -2.57. The van der Waals surface area contributed by atoms with Crippen LogP contribution in [0.15, 0.2) is 24.3 Å². The predicted molar refractivity (Wildman–Crippen MR) is 99.3 cm³/mol. The lowest BCUT2D eigenvalue weighted by molar-refractivity contribution is -0.140. The van der Waals surface area contributed by atoms with E-state index < -0.39 is 0 Å². The zero-order valence-electron chi connectivity index (χ0n) is 14.9. The quantitative estimate of drug-likeness (QED) is 0.833. The summed E-state index contributed by atoms with van der Waals surface area (Å²) in [6, 6.07) is 7.49. The number of amides is 1. The maximum Gasteiger partial charge on any atom is 0.242 e. The summed E-state index contributed by atoms with van der Waals surface area (Å²) in [5.41, 5.74) is 1.93. The number of nitrogens with zero attached hydrogens (tertiary/aromatic N) is 1. The second-order valence-corrected chi connectivity index (χ2v) is 6.84. The number of nitrogens with one attached hydrogen (secondary N) is 1. The molecule has 0 bridgehead atoms. The Morgan fingerprint density at radius 1 is 1.16 bits per heavy atom. The molecule has 2 aliphatic rings. The van der Waals surface area contributed by atoms with Crippen molar-refractivity contribution in [2.24, 2.45) is 5.92 Å². The Bertz CT molecular complexity index is 597. The standard InChI is InChI=1S/C19H26N2O3.ClH/c1-13-3-5-15(6-4-13)18(22)16-7-10-21(11-8-16)19(23)17-14(2)24-12-9-20-17;/h3-6,14,16-17,20H,7-12H2,1-2H3;1H/t14-,17+;/m1./s1. The number of likely N-dealkylation sites (tertiary alicyclic amines) is 1. The summed E-state index contributed by atoms with van der Waals surface area (Å²) in [5, 5.41) is 3.25. The van der Waals surface area contributed by atoms with E-state index in [4.69, 9.17) is 4.74 Å². The van der Waals surface area contributed by atoms with Crippen molar-refractivity contribution < 1.29 is 14.3 Å². The van der Waals surface area contributed by atoms with Crippen molar-refractivity contribution in [1.29, 1.82) is 0 Å². The molecule has 0 saturated carbocycles. The van der Waals surface area contributed by atoms with E-state index in [1.807, 2.05) is 43.0 Å². The van der Waals surface area contributed by atoms with Gasteiger partial charge in [0.1, 0.15) is 6.04 Å². The number of morpholine rings is 1. The number of carbonyl (C=O) groups excluding carboxylic acids is 2. The highest BCUT2D eigenvalue weighted by atomic mass is 35.5. The highest BCUT2D eigenvalue weighted by Crippen LogP contribution is 2.23. The monoisotopic (exact) mass is 366 g/mol. The number of hydrogen-bond acceptors (Lipinski definition) is 4. The number of rotatable bonds is 3. The van der Waals surface area contributed by atoms with Crippen LogP contribution in [-0.2, 0) is 9.53 Å². The van der Waals surface area contributed by atoms with Crippen molar-refractivity contribution in [3.05, 3.63) is 35.4 Å². The van der Waals surface area contributed by atoms with E-state index in [-0.39, 0.29) is 42.2 Å². The molecule has 6 heteroatoms. The van der Waals surface area contributed by atoms with Gasteiger partial charge in [0.05, 0.1) is 12.7 Å². The molecule has 1 amide bonds. The summed E-state index contributed by atoms with van der Waals surface area (Å²) >= 11 is 0. The molecule has 5 nitrogen and oxygen atoms in total. The van der Waals surface area contributed by atoms with Gasteiger partial charge < -0.3 is 15.0 Å². The molecule has 0 radical (unpaired) electrons. The van der Waals surface area contributed by atoms with Crippen LogP contribution in [0.2, 0.25) is 0 Å². The first-order valence-corrected chi connectivity index (χ1v) is 8.81. The Morgan fingerprint density at radius 2 is 1.80 bits per heavy atom. The Kier molecular flexibility index (Phi) is 6.99. The van der Waals surface area contributed by atoms with Crippen molar-refractivity contribution in [1.82, 2.24) is 10.2 Å². The topological polar surface area (TPSA) is 58.6 Å². The molecule has 1 aromatic rings. The number of aryl methyl sites for hydroxylation is 1. The minimum atomic E-state index is -0.261. The Labute approximate surface area is 155 Å². The maximum atomic E-state index is 12.6. The van der Waals surface area contributed by atoms with Crippen LogP contribution in [0, 0.1) is 12.8 Å². The molecule has 1 aromatic carbocycles. The van der Waals surface area contributed by atoms with Gasteiger partial charge in [0.15, 0.2) is 5.78 Å². The van der Waals surface area contributed by atoms with Crippen LogP contribution in [0.1, 0.15) is 35.7 Å². The van der Waals surface area contributed by atoms with Gasteiger partial charge in [-0.25, -0.2) is 0 Å². The SMILES string of the molecule is Cc1ccc(C(=O)C2CCN(C(=O)[C@H]3NCCO[C@@H]3C)CC2)cc1.Cl. The van der Waals surface area contributed by atoms with Gasteiger partial charge in [0, 0.05) is 31.1 Å². The third-order valence-electron chi connectivity index (χ3n) is 5.10. The number of piperidine rings is 1. The normalized spacial score (nSPS) is 24.5. The van der Waals surface area contributed by atoms with Crippen LogP contribution in [0.3, 0.4) is 0 Å². The number of halogens is 1. The van der Waals surface area contributed by atoms with Crippen molar-refractivity contribution >= 4 is 24.1 Å². The van der Waals surface area contributed by atoms with Gasteiger partial charge in [-0.05, 0) is 26.7 Å². The lowest BCUT2D eigenvalue weighted by atomic mass is 9.88. The van der Waals surface area contributed by atoms with E-state index >= 15 is 0 Å². The van der Waals surface area contributed by atoms with Gasteiger partial charge in [-0.3, -0.25) is 9.59 Å². The van der Waals surface area contributed by atoms with Crippen molar-refractivity contribution in [2.75, 3.05) is 26.2 Å². The second-order valence-electron chi connectivity index (χ2n) is 6.84. The first-order chi connectivity index (χ1) is 11.6. The molecule has 3 rings (SSSR count). The first-order valence-electron chi connectivity index (χ1n) is 8.81. The number of hydrogen-bond donors (Lipinski definition) is 1. The molecule has 2 saturated heterocycles. The van der Waals surface area contributed by atoms with E-state index in [2.05, 4.69) is 5.32 Å². The summed E-state index contributed by atoms with van der Waals surface area (Å²) in [4.78, 5) is 27.1. The maximum absolute atomic E-state index is 12.6. The number of ether oxygens (including phenoxy) is 1. The van der Waals surface area contributed by atoms with Gasteiger partial charge in [0.2, 0.25) is 5.91 Å². The highest BCUT2D eigenvalue weighted by molar-refractivity contribution is 5.98. The van der Waals surface area contributed by atoms with Gasteiger partial charge in [-0.15, -0.1) is 12.4 Å². The second kappa shape index (κ2) is 8.79. The minimum Gasteiger partial charge on any atom is -0.375 e. The van der Waals surface area contributed by atoms with Gasteiger partial charge >= 0.3 is 0 Å². The average Bonchev–Trinajstić information content (AvgIpc) is 2.62. The van der Waals surface area contributed by atoms with Crippen LogP contribution in [0.5, 0.6) is 0 Å².